The van der Waals surface area contributed by atoms with Crippen molar-refractivity contribution in [3.8, 4) is 11.5 Å². The SMILES string of the molecule is CCCCCCCCCCCCCCOc1cccc(OCCCCCCCCCCCCCC)c1CCC. The third-order valence-corrected chi connectivity index (χ3v) is 8.10. The van der Waals surface area contributed by atoms with Gasteiger partial charge in [0.15, 0.2) is 0 Å². The van der Waals surface area contributed by atoms with Crippen LogP contribution in [0.4, 0.5) is 0 Å². The highest BCUT2D eigenvalue weighted by Crippen LogP contribution is 2.30. The summed E-state index contributed by atoms with van der Waals surface area (Å²) in [6.07, 6.45) is 35.2. The van der Waals surface area contributed by atoms with Gasteiger partial charge in [0.1, 0.15) is 11.5 Å². The molecule has 0 amide bonds. The summed E-state index contributed by atoms with van der Waals surface area (Å²) >= 11 is 0. The number of hydrogen-bond donors (Lipinski definition) is 0. The van der Waals surface area contributed by atoms with E-state index in [1.807, 2.05) is 0 Å². The second-order valence-corrected chi connectivity index (χ2v) is 12.0. The molecule has 0 N–H and O–H groups in total. The Morgan fingerprint density at radius 1 is 0.385 bits per heavy atom. The highest BCUT2D eigenvalue weighted by Gasteiger charge is 2.10. The molecule has 2 heteroatoms. The molecule has 0 saturated heterocycles. The van der Waals surface area contributed by atoms with Gasteiger partial charge in [-0.25, -0.2) is 0 Å². The highest BCUT2D eigenvalue weighted by molar-refractivity contribution is 5.45. The van der Waals surface area contributed by atoms with Crippen molar-refractivity contribution in [1.82, 2.24) is 0 Å². The van der Waals surface area contributed by atoms with Crippen LogP contribution in [0.5, 0.6) is 11.5 Å². The maximum absolute atomic E-state index is 6.26. The molecule has 0 radical (unpaired) electrons. The van der Waals surface area contributed by atoms with Gasteiger partial charge in [0, 0.05) is 5.56 Å². The van der Waals surface area contributed by atoms with Crippen LogP contribution in [0.25, 0.3) is 0 Å². The van der Waals surface area contributed by atoms with Crippen molar-refractivity contribution in [2.24, 2.45) is 0 Å². The Morgan fingerprint density at radius 2 is 0.692 bits per heavy atom. The maximum atomic E-state index is 6.26. The Labute approximate surface area is 245 Å². The topological polar surface area (TPSA) is 18.5 Å². The zero-order valence-corrected chi connectivity index (χ0v) is 26.8. The zero-order valence-electron chi connectivity index (χ0n) is 26.8. The molecule has 0 bridgehead atoms. The van der Waals surface area contributed by atoms with Crippen molar-refractivity contribution in [2.75, 3.05) is 13.2 Å². The van der Waals surface area contributed by atoms with Crippen LogP contribution in [0.15, 0.2) is 18.2 Å². The van der Waals surface area contributed by atoms with Gasteiger partial charge < -0.3 is 9.47 Å². The molecule has 0 heterocycles. The molecule has 228 valence electrons. The summed E-state index contributed by atoms with van der Waals surface area (Å²) in [5.41, 5.74) is 1.28. The van der Waals surface area contributed by atoms with Crippen molar-refractivity contribution >= 4 is 0 Å². The molecule has 0 spiro atoms. The third kappa shape index (κ3) is 21.3. The van der Waals surface area contributed by atoms with Crippen LogP contribution in [0.1, 0.15) is 187 Å². The fraction of sp³-hybridized carbons (Fsp3) is 0.838. The Kier molecular flexibility index (Phi) is 26.1. The molecule has 0 fully saturated rings. The van der Waals surface area contributed by atoms with Crippen LogP contribution >= 0.6 is 0 Å². The number of hydrogen-bond acceptors (Lipinski definition) is 2. The first-order valence-corrected chi connectivity index (χ1v) is 17.7. The Hall–Kier alpha value is -1.18. The van der Waals surface area contributed by atoms with Crippen molar-refractivity contribution in [2.45, 2.75) is 188 Å². The van der Waals surface area contributed by atoms with Gasteiger partial charge in [0.05, 0.1) is 13.2 Å². The summed E-state index contributed by atoms with van der Waals surface area (Å²) in [6.45, 7) is 8.49. The minimum absolute atomic E-state index is 0.830. The maximum Gasteiger partial charge on any atom is 0.126 e. The van der Waals surface area contributed by atoms with Gasteiger partial charge in [0.2, 0.25) is 0 Å². The molecule has 1 aromatic carbocycles. The van der Waals surface area contributed by atoms with E-state index in [-0.39, 0.29) is 0 Å². The lowest BCUT2D eigenvalue weighted by Crippen LogP contribution is -2.04. The lowest BCUT2D eigenvalue weighted by Gasteiger charge is -2.16. The first-order chi connectivity index (χ1) is 19.3. The number of unbranched alkanes of at least 4 members (excludes halogenated alkanes) is 22. The second kappa shape index (κ2) is 28.4. The Balaban J connectivity index is 2.11. The molecule has 0 saturated carbocycles. The van der Waals surface area contributed by atoms with Crippen molar-refractivity contribution in [3.05, 3.63) is 23.8 Å². The second-order valence-electron chi connectivity index (χ2n) is 12.0. The molecule has 0 aliphatic rings. The number of benzene rings is 1. The van der Waals surface area contributed by atoms with Crippen LogP contribution < -0.4 is 9.47 Å². The number of rotatable bonds is 30. The standard InChI is InChI=1S/C37H68O2/c1-4-7-9-11-13-15-17-19-21-23-25-27-33-38-36-31-29-32-37(35(36)30-6-3)39-34-28-26-24-22-20-18-16-14-12-10-8-5-2/h29,31-32H,4-28,30,33-34H2,1-3H3. The summed E-state index contributed by atoms with van der Waals surface area (Å²) < 4.78 is 12.5. The van der Waals surface area contributed by atoms with Crippen molar-refractivity contribution in [1.29, 1.82) is 0 Å². The average Bonchev–Trinajstić information content (AvgIpc) is 2.95. The minimum atomic E-state index is 0.830. The largest absolute Gasteiger partial charge is 0.493 e. The molecule has 0 aromatic heterocycles. The molecule has 0 aliphatic heterocycles. The van der Waals surface area contributed by atoms with E-state index in [1.165, 1.54) is 147 Å². The first kappa shape index (κ1) is 35.8. The summed E-state index contributed by atoms with van der Waals surface area (Å²) in [6, 6.07) is 6.39. The van der Waals surface area contributed by atoms with Crippen LogP contribution in [0.3, 0.4) is 0 Å². The van der Waals surface area contributed by atoms with Gasteiger partial charge in [-0.1, -0.05) is 175 Å². The first-order valence-electron chi connectivity index (χ1n) is 17.7. The third-order valence-electron chi connectivity index (χ3n) is 8.10. The molecule has 0 atom stereocenters. The van der Waals surface area contributed by atoms with Crippen LogP contribution in [-0.2, 0) is 6.42 Å². The molecule has 0 unspecified atom stereocenters. The van der Waals surface area contributed by atoms with E-state index < -0.39 is 0 Å². The van der Waals surface area contributed by atoms with E-state index in [1.54, 1.807) is 0 Å². The quantitative estimate of drug-likeness (QED) is 0.0896. The summed E-state index contributed by atoms with van der Waals surface area (Å²) in [7, 11) is 0. The van der Waals surface area contributed by atoms with Gasteiger partial charge in [0.25, 0.3) is 0 Å². The Morgan fingerprint density at radius 3 is 1.00 bits per heavy atom. The zero-order chi connectivity index (χ0) is 28.1. The minimum Gasteiger partial charge on any atom is -0.493 e. The fourth-order valence-corrected chi connectivity index (χ4v) is 5.56. The monoisotopic (exact) mass is 545 g/mol. The van der Waals surface area contributed by atoms with Gasteiger partial charge in [-0.2, -0.15) is 0 Å². The summed E-state index contributed by atoms with van der Waals surface area (Å²) in [5, 5.41) is 0. The van der Waals surface area contributed by atoms with Gasteiger partial charge >= 0.3 is 0 Å². The number of ether oxygens (including phenoxy) is 2. The fourth-order valence-electron chi connectivity index (χ4n) is 5.56. The smallest absolute Gasteiger partial charge is 0.126 e. The van der Waals surface area contributed by atoms with Gasteiger partial charge in [-0.15, -0.1) is 0 Å². The molecule has 2 nitrogen and oxygen atoms in total. The Bertz CT molecular complexity index is 578. The molecule has 1 aromatic rings. The summed E-state index contributed by atoms with van der Waals surface area (Å²) in [4.78, 5) is 0. The van der Waals surface area contributed by atoms with E-state index in [2.05, 4.69) is 39.0 Å². The van der Waals surface area contributed by atoms with E-state index in [0.29, 0.717) is 0 Å². The molecular weight excluding hydrogens is 476 g/mol. The van der Waals surface area contributed by atoms with Gasteiger partial charge in [-0.05, 0) is 31.4 Å². The molecular formula is C37H68O2. The van der Waals surface area contributed by atoms with Gasteiger partial charge in [-0.3, -0.25) is 0 Å². The van der Waals surface area contributed by atoms with Crippen molar-refractivity contribution < 1.29 is 9.47 Å². The van der Waals surface area contributed by atoms with E-state index in [4.69, 9.17) is 9.47 Å². The van der Waals surface area contributed by atoms with Crippen molar-refractivity contribution in [3.63, 3.8) is 0 Å². The molecule has 1 rings (SSSR count). The summed E-state index contributed by atoms with van der Waals surface area (Å²) in [5.74, 6) is 2.10. The molecule has 0 aliphatic carbocycles. The average molecular weight is 545 g/mol. The van der Waals surface area contributed by atoms with Crippen LogP contribution in [-0.4, -0.2) is 13.2 Å². The lowest BCUT2D eigenvalue weighted by molar-refractivity contribution is 0.284. The lowest BCUT2D eigenvalue weighted by atomic mass is 10.1. The highest BCUT2D eigenvalue weighted by atomic mass is 16.5. The normalized spacial score (nSPS) is 11.3. The van der Waals surface area contributed by atoms with Crippen LogP contribution in [0.2, 0.25) is 0 Å². The van der Waals surface area contributed by atoms with Crippen LogP contribution in [0, 0.1) is 0 Å². The van der Waals surface area contributed by atoms with E-state index in [9.17, 15) is 0 Å². The van der Waals surface area contributed by atoms with E-state index >= 15 is 0 Å². The predicted molar refractivity (Wildman–Crippen MR) is 174 cm³/mol. The predicted octanol–water partition coefficient (Wildman–Crippen LogP) is 12.8. The molecule has 39 heavy (non-hydrogen) atoms. The van der Waals surface area contributed by atoms with E-state index in [0.717, 1.165) is 50.4 Å².